The van der Waals surface area contributed by atoms with Gasteiger partial charge < -0.3 is 19.1 Å². The van der Waals surface area contributed by atoms with Gasteiger partial charge in [-0.2, -0.15) is 0 Å². The van der Waals surface area contributed by atoms with Crippen molar-refractivity contribution in [2.24, 2.45) is 0 Å². The summed E-state index contributed by atoms with van der Waals surface area (Å²) in [5, 5.41) is 7.96. The van der Waals surface area contributed by atoms with Gasteiger partial charge in [0.05, 0.1) is 34.9 Å². The highest BCUT2D eigenvalue weighted by molar-refractivity contribution is 5.89. The van der Waals surface area contributed by atoms with Gasteiger partial charge in [0.15, 0.2) is 6.29 Å². The van der Waals surface area contributed by atoms with Crippen LogP contribution in [-0.2, 0) is 33.9 Å². The molecule has 0 aliphatic carbocycles. The van der Waals surface area contributed by atoms with Crippen molar-refractivity contribution in [2.45, 2.75) is 45.8 Å². The maximum atomic E-state index is 13.3. The van der Waals surface area contributed by atoms with Gasteiger partial charge in [-0.25, -0.2) is 4.98 Å². The summed E-state index contributed by atoms with van der Waals surface area (Å²) in [5.41, 5.74) is 5.69. The molecule has 172 valence electrons. The quantitative estimate of drug-likeness (QED) is 0.368. The number of aryl methyl sites for hydroxylation is 1. The highest BCUT2D eigenvalue weighted by Gasteiger charge is 2.34. The third kappa shape index (κ3) is 3.60. The number of aromatic nitrogens is 2. The lowest BCUT2D eigenvalue weighted by Crippen LogP contribution is -2.32. The largest absolute Gasteiger partial charge is 0.486 e. The smallest absolute Gasteiger partial charge is 0.313 e. The van der Waals surface area contributed by atoms with Crippen LogP contribution >= 0.6 is 0 Å². The Bertz CT molecular complexity index is 1310. The Morgan fingerprint density at radius 3 is 2.70 bits per heavy atom. The molecule has 0 radical (unpaired) electrons. The molecule has 1 atom stereocenters. The van der Waals surface area contributed by atoms with Crippen LogP contribution in [0.25, 0.3) is 22.3 Å². The van der Waals surface area contributed by atoms with E-state index in [9.17, 15) is 14.4 Å². The summed E-state index contributed by atoms with van der Waals surface area (Å²) < 4.78 is 12.5. The zero-order chi connectivity index (χ0) is 23.7. The number of aldehydes is 1. The van der Waals surface area contributed by atoms with Gasteiger partial charge >= 0.3 is 5.97 Å². The molecular formula is C25H26N2O6. The Morgan fingerprint density at radius 2 is 2.00 bits per heavy atom. The monoisotopic (exact) mass is 450 g/mol. The van der Waals surface area contributed by atoms with Gasteiger partial charge in [-0.05, 0) is 48.2 Å². The van der Waals surface area contributed by atoms with E-state index in [1.54, 1.807) is 10.6 Å². The van der Waals surface area contributed by atoms with Crippen molar-refractivity contribution in [3.63, 3.8) is 0 Å². The fourth-order valence-electron chi connectivity index (χ4n) is 4.79. The van der Waals surface area contributed by atoms with Crippen LogP contribution in [0.5, 0.6) is 5.75 Å². The Morgan fingerprint density at radius 1 is 1.21 bits per heavy atom. The molecule has 0 fully saturated rings. The number of cyclic esters (lactones) is 1. The number of benzene rings is 1. The van der Waals surface area contributed by atoms with E-state index in [2.05, 4.69) is 6.92 Å². The number of carbonyl (C=O) groups excluding carboxylic acids is 2. The SMILES string of the molecule is CCc1c2c(nc3ccc(OCC=O)cc13)-c1cc3c(c(=O)n1C2)COC(=O)C3CC.CO. The number of hydrogen-bond donors (Lipinski definition) is 1. The lowest BCUT2D eigenvalue weighted by molar-refractivity contribution is -0.148. The molecule has 2 aliphatic heterocycles. The first kappa shape index (κ1) is 22.7. The predicted octanol–water partition coefficient (Wildman–Crippen LogP) is 2.72. The molecule has 5 rings (SSSR count). The van der Waals surface area contributed by atoms with E-state index in [0.29, 0.717) is 30.6 Å². The summed E-state index contributed by atoms with van der Waals surface area (Å²) in [6, 6.07) is 7.53. The molecule has 4 heterocycles. The molecule has 1 unspecified atom stereocenters. The summed E-state index contributed by atoms with van der Waals surface area (Å²) in [6.45, 7) is 4.45. The van der Waals surface area contributed by atoms with Crippen LogP contribution in [0.3, 0.4) is 0 Å². The molecule has 3 aromatic rings. The Hall–Kier alpha value is -3.52. The average Bonchev–Trinajstić information content (AvgIpc) is 3.21. The summed E-state index contributed by atoms with van der Waals surface area (Å²) in [6.07, 6.45) is 2.06. The van der Waals surface area contributed by atoms with Gasteiger partial charge in [0.1, 0.15) is 19.0 Å². The Balaban J connectivity index is 0.00000126. The van der Waals surface area contributed by atoms with Crippen LogP contribution in [0.4, 0.5) is 0 Å². The van der Waals surface area contributed by atoms with E-state index >= 15 is 0 Å². The first-order valence-electron chi connectivity index (χ1n) is 11.0. The molecule has 0 bridgehead atoms. The highest BCUT2D eigenvalue weighted by Crippen LogP contribution is 2.39. The van der Waals surface area contributed by atoms with Crippen molar-refractivity contribution in [1.29, 1.82) is 0 Å². The van der Waals surface area contributed by atoms with E-state index < -0.39 is 5.92 Å². The van der Waals surface area contributed by atoms with E-state index in [1.807, 2.05) is 25.1 Å². The van der Waals surface area contributed by atoms with E-state index in [1.165, 1.54) is 0 Å². The third-order valence-electron chi connectivity index (χ3n) is 6.27. The molecule has 0 spiro atoms. The van der Waals surface area contributed by atoms with Crippen LogP contribution in [-0.4, -0.2) is 40.6 Å². The molecule has 33 heavy (non-hydrogen) atoms. The van der Waals surface area contributed by atoms with Gasteiger partial charge in [-0.15, -0.1) is 0 Å². The topological polar surface area (TPSA) is 108 Å². The van der Waals surface area contributed by atoms with Crippen LogP contribution in [0.1, 0.15) is 48.4 Å². The maximum absolute atomic E-state index is 13.3. The number of fused-ring (bicyclic) bond motifs is 5. The molecule has 2 aromatic heterocycles. The Labute approximate surface area is 190 Å². The summed E-state index contributed by atoms with van der Waals surface area (Å²) in [5.74, 6) is -0.0863. The molecule has 2 aliphatic rings. The number of ether oxygens (including phenoxy) is 2. The van der Waals surface area contributed by atoms with Crippen LogP contribution < -0.4 is 10.3 Å². The molecule has 1 aromatic carbocycles. The minimum Gasteiger partial charge on any atom is -0.486 e. The van der Waals surface area contributed by atoms with Gasteiger partial charge in [-0.3, -0.25) is 14.4 Å². The van der Waals surface area contributed by atoms with Crippen molar-refractivity contribution < 1.29 is 24.2 Å². The second-order valence-electron chi connectivity index (χ2n) is 7.85. The van der Waals surface area contributed by atoms with Crippen molar-refractivity contribution in [1.82, 2.24) is 9.55 Å². The van der Waals surface area contributed by atoms with E-state index in [-0.39, 0.29) is 24.7 Å². The molecule has 0 amide bonds. The van der Waals surface area contributed by atoms with E-state index in [4.69, 9.17) is 19.6 Å². The van der Waals surface area contributed by atoms with Gasteiger partial charge in [0.25, 0.3) is 5.56 Å². The maximum Gasteiger partial charge on any atom is 0.313 e. The van der Waals surface area contributed by atoms with E-state index in [0.717, 1.165) is 52.5 Å². The molecule has 8 nitrogen and oxygen atoms in total. The lowest BCUT2D eigenvalue weighted by Gasteiger charge is -2.24. The Kier molecular flexibility index (Phi) is 6.29. The van der Waals surface area contributed by atoms with Crippen LogP contribution in [0, 0.1) is 0 Å². The summed E-state index contributed by atoms with van der Waals surface area (Å²) in [7, 11) is 1.00. The van der Waals surface area contributed by atoms with Crippen LogP contribution in [0.2, 0.25) is 0 Å². The molecule has 0 saturated heterocycles. The zero-order valence-corrected chi connectivity index (χ0v) is 18.9. The highest BCUT2D eigenvalue weighted by atomic mass is 16.5. The minimum atomic E-state index is -0.421. The standard InChI is InChI=1S/C24H22N2O5.CH4O/c1-3-14-17-9-13(30-8-7-27)5-6-20(17)25-22-18(14)11-26-21(22)10-16-15(4-2)24(29)31-12-19(16)23(26)28;1-2/h5-7,9-10,15H,3-4,8,11-12H2,1-2H3;2H,1H3. The fraction of sp³-hybridized carbons (Fsp3) is 0.360. The molecular weight excluding hydrogens is 424 g/mol. The fourth-order valence-corrected chi connectivity index (χ4v) is 4.79. The summed E-state index contributed by atoms with van der Waals surface area (Å²) >= 11 is 0. The van der Waals surface area contributed by atoms with Crippen molar-refractivity contribution in [3.05, 3.63) is 56.9 Å². The summed E-state index contributed by atoms with van der Waals surface area (Å²) in [4.78, 5) is 41.1. The van der Waals surface area contributed by atoms with Gasteiger partial charge in [0, 0.05) is 18.1 Å². The first-order valence-corrected chi connectivity index (χ1v) is 11.0. The average molecular weight is 450 g/mol. The normalized spacial score (nSPS) is 15.6. The predicted molar refractivity (Wildman–Crippen MR) is 122 cm³/mol. The zero-order valence-electron chi connectivity index (χ0n) is 18.9. The van der Waals surface area contributed by atoms with Crippen LogP contribution in [0.15, 0.2) is 29.1 Å². The van der Waals surface area contributed by atoms with Gasteiger partial charge in [0.2, 0.25) is 0 Å². The minimum absolute atomic E-state index is 0.00287. The van der Waals surface area contributed by atoms with Crippen molar-refractivity contribution >= 4 is 23.2 Å². The number of nitrogens with zero attached hydrogens (tertiary/aromatic N) is 2. The molecule has 0 saturated carbocycles. The molecule has 1 N–H and O–H groups in total. The number of hydrogen-bond acceptors (Lipinski definition) is 7. The second-order valence-corrected chi connectivity index (χ2v) is 7.85. The lowest BCUT2D eigenvalue weighted by atomic mass is 9.90. The third-order valence-corrected chi connectivity index (χ3v) is 6.27. The van der Waals surface area contributed by atoms with Crippen molar-refractivity contribution in [2.75, 3.05) is 13.7 Å². The number of carbonyl (C=O) groups is 2. The number of rotatable bonds is 5. The number of aliphatic hydroxyl groups is 1. The molecule has 8 heteroatoms. The van der Waals surface area contributed by atoms with Gasteiger partial charge in [-0.1, -0.05) is 13.8 Å². The second kappa shape index (κ2) is 9.15. The number of esters is 1. The number of aliphatic hydroxyl groups excluding tert-OH is 1. The first-order chi connectivity index (χ1) is 16.1. The number of pyridine rings is 2. The van der Waals surface area contributed by atoms with Crippen molar-refractivity contribution in [3.8, 4) is 17.1 Å².